The summed E-state index contributed by atoms with van der Waals surface area (Å²) >= 11 is 0. The van der Waals surface area contributed by atoms with Gasteiger partial charge in [0.15, 0.2) is 11.6 Å². The molecule has 26 heavy (non-hydrogen) atoms. The van der Waals surface area contributed by atoms with Crippen molar-refractivity contribution in [2.45, 2.75) is 20.3 Å². The van der Waals surface area contributed by atoms with E-state index in [1.165, 1.54) is 6.07 Å². The molecule has 0 aliphatic carbocycles. The molecule has 0 saturated heterocycles. The highest BCUT2D eigenvalue weighted by Crippen LogP contribution is 2.24. The molecule has 5 nitrogen and oxygen atoms in total. The van der Waals surface area contributed by atoms with Gasteiger partial charge >= 0.3 is 0 Å². The second-order valence-electron chi connectivity index (χ2n) is 6.05. The van der Waals surface area contributed by atoms with Gasteiger partial charge in [0.05, 0.1) is 11.9 Å². The molecule has 8 heteroatoms. The van der Waals surface area contributed by atoms with Gasteiger partial charge in [-0.15, -0.1) is 0 Å². The number of carbonyl (C=O) groups excluding carboxylic acids is 1. The van der Waals surface area contributed by atoms with Crippen molar-refractivity contribution in [3.05, 3.63) is 59.2 Å². The summed E-state index contributed by atoms with van der Waals surface area (Å²) in [5.41, 5.74) is 2.37. The number of nitrogens with one attached hydrogen (secondary N) is 1. The van der Waals surface area contributed by atoms with E-state index in [-0.39, 0.29) is 18.7 Å². The fraction of sp³-hybridized carbons (Fsp3) is 0.278. The lowest BCUT2D eigenvalue weighted by Crippen LogP contribution is -2.33. The van der Waals surface area contributed by atoms with E-state index in [1.807, 2.05) is 13.0 Å². The van der Waals surface area contributed by atoms with Crippen LogP contribution < -0.4 is 9.62 Å². The first-order chi connectivity index (χ1) is 12.1. The Labute approximate surface area is 151 Å². The first-order valence-corrected chi connectivity index (χ1v) is 9.72. The summed E-state index contributed by atoms with van der Waals surface area (Å²) < 4.78 is 51.5. The number of amides is 1. The molecule has 0 aliphatic heterocycles. The number of hydrogen-bond acceptors (Lipinski definition) is 3. The van der Waals surface area contributed by atoms with Crippen LogP contribution in [-0.4, -0.2) is 27.1 Å². The minimum absolute atomic E-state index is 0.0712. The van der Waals surface area contributed by atoms with Gasteiger partial charge in [-0.2, -0.15) is 0 Å². The van der Waals surface area contributed by atoms with Gasteiger partial charge in [-0.25, -0.2) is 17.2 Å². The molecule has 0 atom stereocenters. The van der Waals surface area contributed by atoms with Crippen molar-refractivity contribution in [3.63, 3.8) is 0 Å². The van der Waals surface area contributed by atoms with E-state index >= 15 is 0 Å². The molecule has 0 bridgehead atoms. The molecule has 1 N–H and O–H groups in total. The van der Waals surface area contributed by atoms with Crippen molar-refractivity contribution in [3.8, 4) is 0 Å². The molecule has 0 aromatic heterocycles. The van der Waals surface area contributed by atoms with Gasteiger partial charge in [0.1, 0.15) is 0 Å². The normalized spacial score (nSPS) is 11.3. The molecular weight excluding hydrogens is 362 g/mol. The Morgan fingerprint density at radius 1 is 1.08 bits per heavy atom. The molecule has 0 spiro atoms. The Kier molecular flexibility index (Phi) is 5.97. The molecule has 2 aromatic rings. The Morgan fingerprint density at radius 3 is 2.35 bits per heavy atom. The molecule has 0 heterocycles. The van der Waals surface area contributed by atoms with E-state index in [1.54, 1.807) is 19.1 Å². The zero-order valence-corrected chi connectivity index (χ0v) is 15.5. The largest absolute Gasteiger partial charge is 0.326 e. The first-order valence-electron chi connectivity index (χ1n) is 7.88. The molecule has 1 amide bonds. The van der Waals surface area contributed by atoms with Crippen LogP contribution in [0.5, 0.6) is 0 Å². The highest BCUT2D eigenvalue weighted by Gasteiger charge is 2.20. The SMILES string of the molecule is Cc1ccc(N(CCC(=O)Nc2ccc(F)c(F)c2)S(C)(=O)=O)c(C)c1. The Balaban J connectivity index is 2.12. The van der Waals surface area contributed by atoms with Crippen LogP contribution in [0.4, 0.5) is 20.2 Å². The molecule has 0 unspecified atom stereocenters. The minimum Gasteiger partial charge on any atom is -0.326 e. The van der Waals surface area contributed by atoms with Crippen LogP contribution in [0.3, 0.4) is 0 Å². The van der Waals surface area contributed by atoms with Crippen LogP contribution in [0, 0.1) is 25.5 Å². The monoisotopic (exact) mass is 382 g/mol. The summed E-state index contributed by atoms with van der Waals surface area (Å²) in [7, 11) is -3.59. The third-order valence-corrected chi connectivity index (χ3v) is 4.95. The van der Waals surface area contributed by atoms with E-state index in [0.717, 1.165) is 33.8 Å². The van der Waals surface area contributed by atoms with Gasteiger partial charge in [-0.1, -0.05) is 17.7 Å². The number of sulfonamides is 1. The maximum Gasteiger partial charge on any atom is 0.232 e. The number of carbonyl (C=O) groups is 1. The summed E-state index contributed by atoms with van der Waals surface area (Å²) in [5.74, 6) is -2.59. The quantitative estimate of drug-likeness (QED) is 0.833. The van der Waals surface area contributed by atoms with Crippen molar-refractivity contribution in [1.29, 1.82) is 0 Å². The van der Waals surface area contributed by atoms with Crippen LogP contribution in [-0.2, 0) is 14.8 Å². The zero-order chi connectivity index (χ0) is 19.5. The highest BCUT2D eigenvalue weighted by atomic mass is 32.2. The molecule has 0 saturated carbocycles. The number of hydrogen-bond donors (Lipinski definition) is 1. The van der Waals surface area contributed by atoms with Gasteiger partial charge in [0.25, 0.3) is 0 Å². The van der Waals surface area contributed by atoms with Crippen molar-refractivity contribution >= 4 is 27.3 Å². The summed E-state index contributed by atoms with van der Waals surface area (Å²) in [5, 5.41) is 2.42. The zero-order valence-electron chi connectivity index (χ0n) is 14.7. The second kappa shape index (κ2) is 7.82. The Bertz CT molecular complexity index is 930. The number of aryl methyl sites for hydroxylation is 2. The van der Waals surface area contributed by atoms with E-state index in [4.69, 9.17) is 0 Å². The third-order valence-electron chi connectivity index (χ3n) is 3.77. The average Bonchev–Trinajstić information content (AvgIpc) is 2.51. The summed E-state index contributed by atoms with van der Waals surface area (Å²) in [6.07, 6.45) is 0.929. The fourth-order valence-electron chi connectivity index (χ4n) is 2.55. The first kappa shape index (κ1) is 19.8. The van der Waals surface area contributed by atoms with E-state index in [2.05, 4.69) is 5.32 Å². The average molecular weight is 382 g/mol. The third kappa shape index (κ3) is 5.01. The number of halogens is 2. The smallest absolute Gasteiger partial charge is 0.232 e. The standard InChI is InChI=1S/C18H20F2N2O3S/c1-12-4-7-17(13(2)10-12)22(26(3,24)25)9-8-18(23)21-14-5-6-15(19)16(20)11-14/h4-7,10-11H,8-9H2,1-3H3,(H,21,23). The van der Waals surface area contributed by atoms with E-state index in [0.29, 0.717) is 5.69 Å². The van der Waals surface area contributed by atoms with Gasteiger partial charge in [0, 0.05) is 24.7 Å². The molecular formula is C18H20F2N2O3S. The summed E-state index contributed by atoms with van der Waals surface area (Å²) in [6, 6.07) is 8.35. The fourth-order valence-corrected chi connectivity index (χ4v) is 3.54. The maximum absolute atomic E-state index is 13.2. The summed E-state index contributed by atoms with van der Waals surface area (Å²) in [6.45, 7) is 3.62. The van der Waals surface area contributed by atoms with Gasteiger partial charge in [-0.3, -0.25) is 9.10 Å². The predicted octanol–water partition coefficient (Wildman–Crippen LogP) is 3.38. The lowest BCUT2D eigenvalue weighted by molar-refractivity contribution is -0.116. The van der Waals surface area contributed by atoms with Crippen molar-refractivity contribution in [1.82, 2.24) is 0 Å². The summed E-state index contributed by atoms with van der Waals surface area (Å²) in [4.78, 5) is 12.1. The number of nitrogens with zero attached hydrogens (tertiary/aromatic N) is 1. The lowest BCUT2D eigenvalue weighted by atomic mass is 10.1. The molecule has 2 rings (SSSR count). The molecule has 0 radical (unpaired) electrons. The topological polar surface area (TPSA) is 66.5 Å². The van der Waals surface area contributed by atoms with Gasteiger partial charge in [-0.05, 0) is 37.6 Å². The molecule has 140 valence electrons. The number of rotatable bonds is 6. The van der Waals surface area contributed by atoms with Crippen molar-refractivity contribution < 1.29 is 22.0 Å². The Hall–Kier alpha value is -2.48. The van der Waals surface area contributed by atoms with Gasteiger partial charge in [0.2, 0.25) is 15.9 Å². The number of benzene rings is 2. The van der Waals surface area contributed by atoms with Crippen molar-refractivity contribution in [2.24, 2.45) is 0 Å². The van der Waals surface area contributed by atoms with E-state index < -0.39 is 27.6 Å². The predicted molar refractivity (Wildman–Crippen MR) is 97.7 cm³/mol. The molecule has 2 aromatic carbocycles. The van der Waals surface area contributed by atoms with Crippen molar-refractivity contribution in [2.75, 3.05) is 22.4 Å². The van der Waals surface area contributed by atoms with Crippen LogP contribution in [0.2, 0.25) is 0 Å². The van der Waals surface area contributed by atoms with Crippen LogP contribution >= 0.6 is 0 Å². The second-order valence-corrected chi connectivity index (χ2v) is 7.96. The van der Waals surface area contributed by atoms with Crippen LogP contribution in [0.25, 0.3) is 0 Å². The van der Waals surface area contributed by atoms with Crippen LogP contribution in [0.15, 0.2) is 36.4 Å². The van der Waals surface area contributed by atoms with Gasteiger partial charge < -0.3 is 5.32 Å². The molecule has 0 fully saturated rings. The lowest BCUT2D eigenvalue weighted by Gasteiger charge is -2.24. The molecule has 0 aliphatic rings. The van der Waals surface area contributed by atoms with E-state index in [9.17, 15) is 22.0 Å². The highest BCUT2D eigenvalue weighted by molar-refractivity contribution is 7.92. The number of anilines is 2. The maximum atomic E-state index is 13.2. The minimum atomic E-state index is -3.59. The van der Waals surface area contributed by atoms with Crippen LogP contribution in [0.1, 0.15) is 17.5 Å². The Morgan fingerprint density at radius 2 is 1.77 bits per heavy atom.